The van der Waals surface area contributed by atoms with E-state index >= 15 is 0 Å². The van der Waals surface area contributed by atoms with Gasteiger partial charge in [-0.25, -0.2) is 0 Å². The molecule has 0 saturated heterocycles. The Kier molecular flexibility index (Phi) is 3.80. The predicted octanol–water partition coefficient (Wildman–Crippen LogP) is 1.49. The molecule has 0 radical (unpaired) electrons. The molecule has 0 aliphatic carbocycles. The van der Waals surface area contributed by atoms with E-state index in [4.69, 9.17) is 5.11 Å². The highest BCUT2D eigenvalue weighted by Crippen LogP contribution is 2.22. The number of nitro benzene ring substituents is 1. The van der Waals surface area contributed by atoms with Crippen LogP contribution >= 0.6 is 0 Å². The van der Waals surface area contributed by atoms with E-state index in [1.165, 1.54) is 24.4 Å². The van der Waals surface area contributed by atoms with E-state index in [0.717, 1.165) is 0 Å². The predicted molar refractivity (Wildman–Crippen MR) is 63.5 cm³/mol. The lowest BCUT2D eigenvalue weighted by Crippen LogP contribution is -2.21. The Bertz CT molecular complexity index is 455. The fourth-order valence-electron chi connectivity index (χ4n) is 1.04. The topological polar surface area (TPSA) is 96.0 Å². The molecule has 0 spiro atoms. The molecule has 17 heavy (non-hydrogen) atoms. The number of hydrogen-bond donors (Lipinski definition) is 2. The number of nitrogens with zero attached hydrogens (tertiary/aromatic N) is 2. The van der Waals surface area contributed by atoms with Gasteiger partial charge in [0, 0.05) is 23.9 Å². The highest BCUT2D eigenvalue weighted by molar-refractivity contribution is 5.84. The maximum atomic E-state index is 10.6. The zero-order valence-electron chi connectivity index (χ0n) is 9.62. The summed E-state index contributed by atoms with van der Waals surface area (Å²) in [5.41, 5.74) is -0.552. The normalized spacial score (nSPS) is 11.9. The number of aliphatic hydroxyl groups excluding tert-OH is 1. The molecular weight excluding hydrogens is 224 g/mol. The second-order valence-electron chi connectivity index (χ2n) is 4.23. The number of aromatic hydroxyl groups is 1. The van der Waals surface area contributed by atoms with Crippen molar-refractivity contribution in [2.45, 2.75) is 19.4 Å². The second kappa shape index (κ2) is 4.92. The summed E-state index contributed by atoms with van der Waals surface area (Å²) in [5, 5.41) is 29.1. The smallest absolute Gasteiger partial charge is 0.270 e. The molecule has 0 aromatic heterocycles. The van der Waals surface area contributed by atoms with Crippen molar-refractivity contribution in [3.05, 3.63) is 33.9 Å². The van der Waals surface area contributed by atoms with Gasteiger partial charge in [0.2, 0.25) is 0 Å². The fourth-order valence-corrected chi connectivity index (χ4v) is 1.04. The number of aliphatic hydroxyl groups is 1. The molecule has 0 bridgehead atoms. The highest BCUT2D eigenvalue weighted by Gasteiger charge is 2.14. The third-order valence-electron chi connectivity index (χ3n) is 2.16. The molecule has 0 unspecified atom stereocenters. The van der Waals surface area contributed by atoms with Crippen LogP contribution in [0.2, 0.25) is 0 Å². The molecule has 0 saturated carbocycles. The quantitative estimate of drug-likeness (QED) is 0.472. The van der Waals surface area contributed by atoms with Crippen LogP contribution in [0, 0.1) is 10.1 Å². The molecule has 2 N–H and O–H groups in total. The van der Waals surface area contributed by atoms with Crippen LogP contribution in [0.5, 0.6) is 5.75 Å². The minimum absolute atomic E-state index is 0.0897. The van der Waals surface area contributed by atoms with E-state index in [2.05, 4.69) is 4.99 Å². The average Bonchev–Trinajstić information content (AvgIpc) is 2.27. The lowest BCUT2D eigenvalue weighted by molar-refractivity contribution is -0.384. The van der Waals surface area contributed by atoms with Crippen molar-refractivity contribution in [3.8, 4) is 5.75 Å². The van der Waals surface area contributed by atoms with Crippen molar-refractivity contribution in [2.75, 3.05) is 6.61 Å². The van der Waals surface area contributed by atoms with Crippen molar-refractivity contribution in [1.29, 1.82) is 0 Å². The Morgan fingerprint density at radius 1 is 1.53 bits per heavy atom. The van der Waals surface area contributed by atoms with Crippen LogP contribution in [0.15, 0.2) is 23.2 Å². The minimum Gasteiger partial charge on any atom is -0.507 e. The van der Waals surface area contributed by atoms with Gasteiger partial charge < -0.3 is 10.2 Å². The third-order valence-corrected chi connectivity index (χ3v) is 2.16. The van der Waals surface area contributed by atoms with Crippen LogP contribution in [0.1, 0.15) is 19.4 Å². The summed E-state index contributed by atoms with van der Waals surface area (Å²) in [7, 11) is 0. The first kappa shape index (κ1) is 13.1. The molecule has 6 nitrogen and oxygen atoms in total. The fraction of sp³-hybridized carbons (Fsp3) is 0.364. The van der Waals surface area contributed by atoms with Crippen LogP contribution in [0.4, 0.5) is 5.69 Å². The average molecular weight is 238 g/mol. The molecule has 1 aromatic rings. The molecule has 1 aromatic carbocycles. The standard InChI is InChI=1S/C11H14N2O4/c1-11(2,7-14)12-6-8-5-9(13(16)17)3-4-10(8)15/h3-6,14-15H,7H2,1-2H3. The van der Waals surface area contributed by atoms with Crippen LogP contribution in [-0.4, -0.2) is 33.5 Å². The number of phenols is 1. The van der Waals surface area contributed by atoms with Crippen molar-refractivity contribution in [1.82, 2.24) is 0 Å². The molecule has 0 aliphatic rings. The summed E-state index contributed by atoms with van der Waals surface area (Å²) in [6.07, 6.45) is 1.32. The Morgan fingerprint density at radius 2 is 2.18 bits per heavy atom. The summed E-state index contributed by atoms with van der Waals surface area (Å²) in [4.78, 5) is 14.1. The molecule has 0 heterocycles. The number of non-ortho nitro benzene ring substituents is 1. The van der Waals surface area contributed by atoms with Gasteiger partial charge in [0.05, 0.1) is 17.1 Å². The molecule has 0 aliphatic heterocycles. The second-order valence-corrected chi connectivity index (χ2v) is 4.23. The number of nitro groups is 1. The zero-order valence-corrected chi connectivity index (χ0v) is 9.62. The Balaban J connectivity index is 3.06. The van der Waals surface area contributed by atoms with Crippen LogP contribution < -0.4 is 0 Å². The SMILES string of the molecule is CC(C)(CO)N=Cc1cc([N+](=O)[O-])ccc1O. The van der Waals surface area contributed by atoms with Crippen LogP contribution in [0.3, 0.4) is 0 Å². The lowest BCUT2D eigenvalue weighted by Gasteiger charge is -2.15. The van der Waals surface area contributed by atoms with E-state index in [0.29, 0.717) is 0 Å². The molecule has 0 atom stereocenters. The van der Waals surface area contributed by atoms with Crippen molar-refractivity contribution in [3.63, 3.8) is 0 Å². The first-order valence-electron chi connectivity index (χ1n) is 4.99. The van der Waals surface area contributed by atoms with Gasteiger partial charge in [0.25, 0.3) is 5.69 Å². The van der Waals surface area contributed by atoms with E-state index in [1.807, 2.05) is 0 Å². The summed E-state index contributed by atoms with van der Waals surface area (Å²) in [6.45, 7) is 3.26. The molecule has 92 valence electrons. The van der Waals surface area contributed by atoms with E-state index in [9.17, 15) is 15.2 Å². The van der Waals surface area contributed by atoms with E-state index < -0.39 is 10.5 Å². The number of benzene rings is 1. The molecule has 0 amide bonds. The van der Waals surface area contributed by atoms with Crippen molar-refractivity contribution >= 4 is 11.9 Å². The van der Waals surface area contributed by atoms with Gasteiger partial charge in [-0.05, 0) is 19.9 Å². The largest absolute Gasteiger partial charge is 0.507 e. The van der Waals surface area contributed by atoms with Crippen LogP contribution in [0.25, 0.3) is 0 Å². The summed E-state index contributed by atoms with van der Waals surface area (Å²) >= 11 is 0. The lowest BCUT2D eigenvalue weighted by atomic mass is 10.1. The summed E-state index contributed by atoms with van der Waals surface area (Å²) < 4.78 is 0. The number of phenolic OH excluding ortho intramolecular Hbond substituents is 1. The first-order chi connectivity index (χ1) is 7.85. The monoisotopic (exact) mass is 238 g/mol. The molecule has 6 heteroatoms. The maximum absolute atomic E-state index is 10.6. The number of aliphatic imine (C=N–C) groups is 1. The molecule has 0 fully saturated rings. The van der Waals surface area contributed by atoms with Gasteiger partial charge in [-0.15, -0.1) is 0 Å². The van der Waals surface area contributed by atoms with Crippen molar-refractivity contribution < 1.29 is 15.1 Å². The van der Waals surface area contributed by atoms with Gasteiger partial charge in [0.15, 0.2) is 0 Å². The van der Waals surface area contributed by atoms with Gasteiger partial charge in [-0.2, -0.15) is 0 Å². The molecule has 1 rings (SSSR count). The zero-order chi connectivity index (χ0) is 13.1. The first-order valence-corrected chi connectivity index (χ1v) is 4.99. The van der Waals surface area contributed by atoms with Crippen LogP contribution in [-0.2, 0) is 0 Å². The highest BCUT2D eigenvalue weighted by atomic mass is 16.6. The van der Waals surface area contributed by atoms with Gasteiger partial charge in [-0.3, -0.25) is 15.1 Å². The summed E-state index contributed by atoms with van der Waals surface area (Å²) in [5.74, 6) is -0.0897. The molecular formula is C11H14N2O4. The van der Waals surface area contributed by atoms with Crippen molar-refractivity contribution in [2.24, 2.45) is 4.99 Å². The number of rotatable bonds is 4. The third kappa shape index (κ3) is 3.53. The van der Waals surface area contributed by atoms with Gasteiger partial charge in [-0.1, -0.05) is 0 Å². The van der Waals surface area contributed by atoms with E-state index in [1.54, 1.807) is 13.8 Å². The Labute approximate surface area is 98.4 Å². The minimum atomic E-state index is -0.683. The number of hydrogen-bond acceptors (Lipinski definition) is 5. The van der Waals surface area contributed by atoms with Gasteiger partial charge >= 0.3 is 0 Å². The Morgan fingerprint density at radius 3 is 2.71 bits per heavy atom. The van der Waals surface area contributed by atoms with Gasteiger partial charge in [0.1, 0.15) is 5.75 Å². The summed E-state index contributed by atoms with van der Waals surface area (Å²) in [6, 6.07) is 3.68. The Hall–Kier alpha value is -1.95. The van der Waals surface area contributed by atoms with E-state index in [-0.39, 0.29) is 23.6 Å². The maximum Gasteiger partial charge on any atom is 0.270 e.